The van der Waals surface area contributed by atoms with Crippen LogP contribution in [-0.4, -0.2) is 18.5 Å². The number of carbonyl (C=O) groups is 2. The summed E-state index contributed by atoms with van der Waals surface area (Å²) in [4.78, 5) is 23.5. The largest absolute Gasteiger partial charge is 0.452 e. The van der Waals surface area contributed by atoms with Crippen LogP contribution in [-0.2, 0) is 9.53 Å². The summed E-state index contributed by atoms with van der Waals surface area (Å²) in [5.41, 5.74) is 0.556. The molecule has 0 fully saturated rings. The van der Waals surface area contributed by atoms with Gasteiger partial charge in [-0.3, -0.25) is 4.79 Å². The highest BCUT2D eigenvalue weighted by atomic mass is 79.9. The van der Waals surface area contributed by atoms with Crippen LogP contribution >= 0.6 is 27.5 Å². The number of rotatable bonds is 4. The quantitative estimate of drug-likeness (QED) is 0.807. The molecule has 0 unspecified atom stereocenters. The van der Waals surface area contributed by atoms with E-state index in [4.69, 9.17) is 16.3 Å². The predicted octanol–water partition coefficient (Wildman–Crippen LogP) is 4.04. The fourth-order valence-corrected chi connectivity index (χ4v) is 2.31. The summed E-state index contributed by atoms with van der Waals surface area (Å²) in [5, 5.41) is 2.90. The van der Waals surface area contributed by atoms with E-state index in [1.54, 1.807) is 24.3 Å². The lowest BCUT2D eigenvalue weighted by Gasteiger charge is -2.08. The van der Waals surface area contributed by atoms with Gasteiger partial charge in [0.2, 0.25) is 0 Å². The van der Waals surface area contributed by atoms with E-state index in [0.29, 0.717) is 10.7 Å². The average Bonchev–Trinajstić information content (AvgIpc) is 2.47. The number of carbonyl (C=O) groups excluding carboxylic acids is 2. The third-order valence-electron chi connectivity index (χ3n) is 2.63. The Morgan fingerprint density at radius 2 is 1.95 bits per heavy atom. The summed E-state index contributed by atoms with van der Waals surface area (Å²) >= 11 is 8.96. The lowest BCUT2D eigenvalue weighted by molar-refractivity contribution is -0.119. The molecule has 114 valence electrons. The van der Waals surface area contributed by atoms with Gasteiger partial charge in [0.1, 0.15) is 5.82 Å². The number of para-hydroxylation sites is 1. The minimum atomic E-state index is -0.735. The molecule has 1 amide bonds. The van der Waals surface area contributed by atoms with Gasteiger partial charge >= 0.3 is 5.97 Å². The van der Waals surface area contributed by atoms with Gasteiger partial charge in [-0.15, -0.1) is 0 Å². The SMILES string of the molecule is O=C(COC(=O)c1ccc(F)cc1Br)Nc1ccccc1Cl. The van der Waals surface area contributed by atoms with E-state index >= 15 is 0 Å². The maximum absolute atomic E-state index is 12.9. The van der Waals surface area contributed by atoms with E-state index in [9.17, 15) is 14.0 Å². The van der Waals surface area contributed by atoms with Gasteiger partial charge in [-0.2, -0.15) is 0 Å². The summed E-state index contributed by atoms with van der Waals surface area (Å²) in [6, 6.07) is 10.2. The number of hydrogen-bond acceptors (Lipinski definition) is 3. The first-order valence-corrected chi connectivity index (χ1v) is 7.31. The van der Waals surface area contributed by atoms with Crippen LogP contribution in [0.5, 0.6) is 0 Å². The molecule has 2 aromatic rings. The monoisotopic (exact) mass is 385 g/mol. The van der Waals surface area contributed by atoms with Gasteiger partial charge in [0, 0.05) is 4.47 Å². The highest BCUT2D eigenvalue weighted by Crippen LogP contribution is 2.21. The van der Waals surface area contributed by atoms with E-state index in [1.807, 2.05) is 0 Å². The lowest BCUT2D eigenvalue weighted by atomic mass is 10.2. The first-order valence-electron chi connectivity index (χ1n) is 6.14. The maximum Gasteiger partial charge on any atom is 0.339 e. The predicted molar refractivity (Wildman–Crippen MR) is 84.5 cm³/mol. The van der Waals surface area contributed by atoms with Crippen molar-refractivity contribution in [3.05, 3.63) is 63.3 Å². The van der Waals surface area contributed by atoms with Gasteiger partial charge in [-0.25, -0.2) is 9.18 Å². The second kappa shape index (κ2) is 7.38. The van der Waals surface area contributed by atoms with Gasteiger partial charge in [0.25, 0.3) is 5.91 Å². The van der Waals surface area contributed by atoms with E-state index in [0.717, 1.165) is 12.1 Å². The molecule has 0 saturated heterocycles. The Labute approximate surface area is 139 Å². The summed E-state index contributed by atoms with van der Waals surface area (Å²) < 4.78 is 18.1. The molecule has 22 heavy (non-hydrogen) atoms. The first-order chi connectivity index (χ1) is 10.5. The molecule has 7 heteroatoms. The molecule has 1 N–H and O–H groups in total. The Kier molecular flexibility index (Phi) is 5.51. The highest BCUT2D eigenvalue weighted by molar-refractivity contribution is 9.10. The van der Waals surface area contributed by atoms with Crippen LogP contribution in [0.4, 0.5) is 10.1 Å². The average molecular weight is 387 g/mol. The van der Waals surface area contributed by atoms with Crippen LogP contribution in [0.3, 0.4) is 0 Å². The number of amides is 1. The molecular weight excluding hydrogens is 377 g/mol. The van der Waals surface area contributed by atoms with E-state index in [-0.39, 0.29) is 10.0 Å². The number of halogens is 3. The van der Waals surface area contributed by atoms with Crippen LogP contribution in [0.2, 0.25) is 5.02 Å². The fraction of sp³-hybridized carbons (Fsp3) is 0.0667. The molecule has 0 aromatic heterocycles. The number of ether oxygens (including phenoxy) is 1. The second-order valence-corrected chi connectivity index (χ2v) is 5.49. The Balaban J connectivity index is 1.93. The molecule has 0 saturated carbocycles. The number of anilines is 1. The van der Waals surface area contributed by atoms with E-state index in [2.05, 4.69) is 21.2 Å². The third kappa shape index (κ3) is 4.29. The van der Waals surface area contributed by atoms with Crippen LogP contribution in [0.1, 0.15) is 10.4 Å². The van der Waals surface area contributed by atoms with E-state index in [1.165, 1.54) is 6.07 Å². The number of benzene rings is 2. The Morgan fingerprint density at radius 1 is 1.23 bits per heavy atom. The van der Waals surface area contributed by atoms with Crippen molar-refractivity contribution in [1.82, 2.24) is 0 Å². The Bertz CT molecular complexity index is 724. The molecule has 0 aliphatic carbocycles. The molecule has 0 atom stereocenters. The number of nitrogens with one attached hydrogen (secondary N) is 1. The van der Waals surface area contributed by atoms with Crippen molar-refractivity contribution in [2.24, 2.45) is 0 Å². The smallest absolute Gasteiger partial charge is 0.339 e. The fourth-order valence-electron chi connectivity index (χ4n) is 1.61. The van der Waals surface area contributed by atoms with Crippen molar-refractivity contribution in [3.8, 4) is 0 Å². The molecule has 0 bridgehead atoms. The highest BCUT2D eigenvalue weighted by Gasteiger charge is 2.14. The summed E-state index contributed by atoms with van der Waals surface area (Å²) in [6.07, 6.45) is 0. The minimum absolute atomic E-state index is 0.131. The van der Waals surface area contributed by atoms with Crippen LogP contribution < -0.4 is 5.32 Å². The number of esters is 1. The van der Waals surface area contributed by atoms with Crippen molar-refractivity contribution < 1.29 is 18.7 Å². The molecule has 0 aliphatic heterocycles. The van der Waals surface area contributed by atoms with Crippen molar-refractivity contribution in [2.45, 2.75) is 0 Å². The number of hydrogen-bond donors (Lipinski definition) is 1. The Hall–Kier alpha value is -1.92. The van der Waals surface area contributed by atoms with Crippen LogP contribution in [0, 0.1) is 5.82 Å². The van der Waals surface area contributed by atoms with Gasteiger partial charge in [-0.1, -0.05) is 23.7 Å². The van der Waals surface area contributed by atoms with Crippen molar-refractivity contribution in [2.75, 3.05) is 11.9 Å². The van der Waals surface area contributed by atoms with Gasteiger partial charge in [-0.05, 0) is 46.3 Å². The molecule has 0 aliphatic rings. The summed E-state index contributed by atoms with van der Waals surface area (Å²) in [7, 11) is 0. The molecule has 2 aromatic carbocycles. The topological polar surface area (TPSA) is 55.4 Å². The van der Waals surface area contributed by atoms with Crippen LogP contribution in [0.15, 0.2) is 46.9 Å². The molecule has 2 rings (SSSR count). The zero-order valence-corrected chi connectivity index (χ0v) is 13.4. The van der Waals surface area contributed by atoms with Crippen molar-refractivity contribution >= 4 is 45.1 Å². The second-order valence-electron chi connectivity index (χ2n) is 4.23. The van der Waals surface area contributed by atoms with E-state index < -0.39 is 24.3 Å². The summed E-state index contributed by atoms with van der Waals surface area (Å²) in [5.74, 6) is -1.75. The molecule has 0 heterocycles. The standard InChI is InChI=1S/C15H10BrClFNO3/c16-11-7-9(18)5-6-10(11)15(21)22-8-14(20)19-13-4-2-1-3-12(13)17/h1-7H,8H2,(H,19,20). The van der Waals surface area contributed by atoms with Crippen molar-refractivity contribution in [3.63, 3.8) is 0 Å². The normalized spacial score (nSPS) is 10.1. The zero-order chi connectivity index (χ0) is 16.1. The first kappa shape index (κ1) is 16.5. The van der Waals surface area contributed by atoms with Crippen molar-refractivity contribution in [1.29, 1.82) is 0 Å². The molecule has 0 spiro atoms. The van der Waals surface area contributed by atoms with Crippen LogP contribution in [0.25, 0.3) is 0 Å². The van der Waals surface area contributed by atoms with Gasteiger partial charge < -0.3 is 10.1 Å². The maximum atomic E-state index is 12.9. The molecule has 0 radical (unpaired) electrons. The van der Waals surface area contributed by atoms with Gasteiger partial charge in [0.05, 0.1) is 16.3 Å². The third-order valence-corrected chi connectivity index (χ3v) is 3.62. The zero-order valence-electron chi connectivity index (χ0n) is 11.1. The lowest BCUT2D eigenvalue weighted by Crippen LogP contribution is -2.21. The molecular formula is C15H10BrClFNO3. The minimum Gasteiger partial charge on any atom is -0.452 e. The Morgan fingerprint density at radius 3 is 2.64 bits per heavy atom. The summed E-state index contributed by atoms with van der Waals surface area (Å²) in [6.45, 7) is -0.478. The molecule has 4 nitrogen and oxygen atoms in total. The van der Waals surface area contributed by atoms with Gasteiger partial charge in [0.15, 0.2) is 6.61 Å².